The Bertz CT molecular complexity index is 673. The zero-order chi connectivity index (χ0) is 17.5. The first kappa shape index (κ1) is 17.6. The quantitative estimate of drug-likeness (QED) is 0.705. The molecule has 0 saturated carbocycles. The molecule has 0 aliphatic carbocycles. The molecule has 7 heteroatoms. The summed E-state index contributed by atoms with van der Waals surface area (Å²) in [5, 5.41) is 20.1. The fourth-order valence-electron chi connectivity index (χ4n) is 3.20. The lowest BCUT2D eigenvalue weighted by Gasteiger charge is -2.22. The SMILES string of the molecule is O=C(NCCCCN1CCCC1CO)c1cn(-c2ccccc2)nn1. The molecule has 2 heterocycles. The molecule has 1 saturated heterocycles. The summed E-state index contributed by atoms with van der Waals surface area (Å²) in [5.41, 5.74) is 1.20. The largest absolute Gasteiger partial charge is 0.395 e. The van der Waals surface area contributed by atoms with Gasteiger partial charge in [-0.25, -0.2) is 4.68 Å². The van der Waals surface area contributed by atoms with Crippen LogP contribution in [0.4, 0.5) is 0 Å². The Morgan fingerprint density at radius 3 is 2.92 bits per heavy atom. The molecule has 1 aromatic heterocycles. The molecular weight excluding hydrogens is 318 g/mol. The number of benzene rings is 1. The number of nitrogens with one attached hydrogen (secondary N) is 1. The maximum absolute atomic E-state index is 12.1. The van der Waals surface area contributed by atoms with E-state index in [1.807, 2.05) is 30.3 Å². The van der Waals surface area contributed by atoms with E-state index >= 15 is 0 Å². The van der Waals surface area contributed by atoms with Gasteiger partial charge < -0.3 is 10.4 Å². The van der Waals surface area contributed by atoms with Crippen molar-refractivity contribution in [2.45, 2.75) is 31.7 Å². The smallest absolute Gasteiger partial charge is 0.273 e. The van der Waals surface area contributed by atoms with E-state index in [0.717, 1.165) is 38.0 Å². The van der Waals surface area contributed by atoms with Crippen LogP contribution >= 0.6 is 0 Å². The third-order valence-electron chi connectivity index (χ3n) is 4.61. The fraction of sp³-hybridized carbons (Fsp3) is 0.500. The highest BCUT2D eigenvalue weighted by molar-refractivity contribution is 5.91. The maximum Gasteiger partial charge on any atom is 0.273 e. The van der Waals surface area contributed by atoms with Gasteiger partial charge >= 0.3 is 0 Å². The Morgan fingerprint density at radius 2 is 2.12 bits per heavy atom. The number of likely N-dealkylation sites (tertiary alicyclic amines) is 1. The van der Waals surface area contributed by atoms with Crippen LogP contribution in [0.3, 0.4) is 0 Å². The van der Waals surface area contributed by atoms with Crippen LogP contribution in [0, 0.1) is 0 Å². The van der Waals surface area contributed by atoms with E-state index in [-0.39, 0.29) is 12.5 Å². The molecule has 7 nitrogen and oxygen atoms in total. The average molecular weight is 343 g/mol. The van der Waals surface area contributed by atoms with E-state index in [2.05, 4.69) is 20.5 Å². The summed E-state index contributed by atoms with van der Waals surface area (Å²) in [6.45, 7) is 2.91. The summed E-state index contributed by atoms with van der Waals surface area (Å²) in [5.74, 6) is -0.198. The number of hydrogen-bond acceptors (Lipinski definition) is 5. The monoisotopic (exact) mass is 343 g/mol. The van der Waals surface area contributed by atoms with E-state index in [9.17, 15) is 9.90 Å². The van der Waals surface area contributed by atoms with Gasteiger partial charge in [0.2, 0.25) is 0 Å². The molecular formula is C18H25N5O2. The molecule has 25 heavy (non-hydrogen) atoms. The molecule has 0 radical (unpaired) electrons. The molecule has 2 aromatic rings. The van der Waals surface area contributed by atoms with Crippen LogP contribution in [0.25, 0.3) is 5.69 Å². The molecule has 3 rings (SSSR count). The molecule has 2 N–H and O–H groups in total. The van der Waals surface area contributed by atoms with E-state index < -0.39 is 0 Å². The predicted molar refractivity (Wildman–Crippen MR) is 94.6 cm³/mol. The van der Waals surface area contributed by atoms with Crippen molar-refractivity contribution in [3.8, 4) is 5.69 Å². The Labute approximate surface area is 147 Å². The number of aromatic nitrogens is 3. The van der Waals surface area contributed by atoms with Crippen molar-refractivity contribution in [1.29, 1.82) is 0 Å². The summed E-state index contributed by atoms with van der Waals surface area (Å²) in [7, 11) is 0. The summed E-state index contributed by atoms with van der Waals surface area (Å²) in [4.78, 5) is 14.5. The third-order valence-corrected chi connectivity index (χ3v) is 4.61. The number of hydrogen-bond donors (Lipinski definition) is 2. The lowest BCUT2D eigenvalue weighted by molar-refractivity contribution is 0.0947. The van der Waals surface area contributed by atoms with Crippen LogP contribution < -0.4 is 5.32 Å². The second-order valence-corrected chi connectivity index (χ2v) is 6.36. The van der Waals surface area contributed by atoms with Crippen LogP contribution in [-0.2, 0) is 0 Å². The molecule has 1 atom stereocenters. The average Bonchev–Trinajstić information content (AvgIpc) is 3.31. The number of aliphatic hydroxyl groups is 1. The Balaban J connectivity index is 1.39. The topological polar surface area (TPSA) is 83.3 Å². The van der Waals surface area contributed by atoms with Crippen molar-refractivity contribution >= 4 is 5.91 Å². The maximum atomic E-state index is 12.1. The van der Waals surface area contributed by atoms with E-state index in [0.29, 0.717) is 18.3 Å². The minimum Gasteiger partial charge on any atom is -0.395 e. The first-order valence-corrected chi connectivity index (χ1v) is 8.89. The van der Waals surface area contributed by atoms with Crippen molar-refractivity contribution in [2.24, 2.45) is 0 Å². The molecule has 1 aliphatic heterocycles. The van der Waals surface area contributed by atoms with Gasteiger partial charge in [-0.3, -0.25) is 9.69 Å². The number of para-hydroxylation sites is 1. The van der Waals surface area contributed by atoms with Crippen molar-refractivity contribution in [2.75, 3.05) is 26.2 Å². The number of carbonyl (C=O) groups is 1. The number of rotatable bonds is 8. The van der Waals surface area contributed by atoms with Crippen LogP contribution in [-0.4, -0.2) is 63.2 Å². The number of aliphatic hydroxyl groups excluding tert-OH is 1. The normalized spacial score (nSPS) is 17.7. The molecule has 1 amide bonds. The van der Waals surface area contributed by atoms with Gasteiger partial charge in [-0.05, 0) is 50.9 Å². The molecule has 1 aromatic carbocycles. The zero-order valence-corrected chi connectivity index (χ0v) is 14.3. The molecule has 0 spiro atoms. The van der Waals surface area contributed by atoms with Gasteiger partial charge in [-0.1, -0.05) is 23.4 Å². The first-order chi connectivity index (χ1) is 12.3. The Morgan fingerprint density at radius 1 is 1.28 bits per heavy atom. The van der Waals surface area contributed by atoms with Gasteiger partial charge in [0.05, 0.1) is 18.5 Å². The molecule has 1 aliphatic rings. The number of carbonyl (C=O) groups excluding carboxylic acids is 1. The molecule has 1 unspecified atom stereocenters. The Kier molecular flexibility index (Phi) is 6.14. The van der Waals surface area contributed by atoms with Crippen molar-refractivity contribution < 1.29 is 9.90 Å². The van der Waals surface area contributed by atoms with E-state index in [1.165, 1.54) is 6.42 Å². The van der Waals surface area contributed by atoms with Crippen LogP contribution in [0.2, 0.25) is 0 Å². The summed E-state index contributed by atoms with van der Waals surface area (Å²) in [6, 6.07) is 9.90. The second kappa shape index (κ2) is 8.73. The van der Waals surface area contributed by atoms with Crippen LogP contribution in [0.15, 0.2) is 36.5 Å². The van der Waals surface area contributed by atoms with Gasteiger partial charge in [0, 0.05) is 12.6 Å². The standard InChI is InChI=1S/C18H25N5O2/c24-14-16-9-6-12-22(16)11-5-4-10-19-18(25)17-13-23(21-20-17)15-7-2-1-3-8-15/h1-3,7-8,13,16,24H,4-6,9-12,14H2,(H,19,25). The minimum absolute atomic E-state index is 0.198. The van der Waals surface area contributed by atoms with Crippen molar-refractivity contribution in [1.82, 2.24) is 25.2 Å². The third kappa shape index (κ3) is 4.64. The number of nitrogens with zero attached hydrogens (tertiary/aromatic N) is 4. The molecule has 0 bridgehead atoms. The number of amides is 1. The van der Waals surface area contributed by atoms with Gasteiger partial charge in [-0.15, -0.1) is 5.10 Å². The highest BCUT2D eigenvalue weighted by atomic mass is 16.3. The molecule has 1 fully saturated rings. The first-order valence-electron chi connectivity index (χ1n) is 8.89. The summed E-state index contributed by atoms with van der Waals surface area (Å²) < 4.78 is 1.59. The van der Waals surface area contributed by atoms with Crippen LogP contribution in [0.1, 0.15) is 36.2 Å². The second-order valence-electron chi connectivity index (χ2n) is 6.36. The lowest BCUT2D eigenvalue weighted by Crippen LogP contribution is -2.33. The zero-order valence-electron chi connectivity index (χ0n) is 14.3. The Hall–Kier alpha value is -2.25. The van der Waals surface area contributed by atoms with Gasteiger partial charge in [-0.2, -0.15) is 0 Å². The van der Waals surface area contributed by atoms with Gasteiger partial charge in [0.1, 0.15) is 0 Å². The fourth-order valence-corrected chi connectivity index (χ4v) is 3.20. The highest BCUT2D eigenvalue weighted by Gasteiger charge is 2.22. The predicted octanol–water partition coefficient (Wildman–Crippen LogP) is 1.23. The van der Waals surface area contributed by atoms with Crippen molar-refractivity contribution in [3.05, 3.63) is 42.2 Å². The highest BCUT2D eigenvalue weighted by Crippen LogP contribution is 2.16. The summed E-state index contributed by atoms with van der Waals surface area (Å²) in [6.07, 6.45) is 5.81. The number of unbranched alkanes of at least 4 members (excludes halogenated alkanes) is 1. The van der Waals surface area contributed by atoms with Crippen LogP contribution in [0.5, 0.6) is 0 Å². The van der Waals surface area contributed by atoms with E-state index in [1.54, 1.807) is 10.9 Å². The lowest BCUT2D eigenvalue weighted by atomic mass is 10.2. The minimum atomic E-state index is -0.198. The van der Waals surface area contributed by atoms with Gasteiger partial charge in [0.25, 0.3) is 5.91 Å². The van der Waals surface area contributed by atoms with Crippen molar-refractivity contribution in [3.63, 3.8) is 0 Å². The van der Waals surface area contributed by atoms with Gasteiger partial charge in [0.15, 0.2) is 5.69 Å². The van der Waals surface area contributed by atoms with E-state index in [4.69, 9.17) is 0 Å². The summed E-state index contributed by atoms with van der Waals surface area (Å²) >= 11 is 0. The molecule has 134 valence electrons.